The van der Waals surface area contributed by atoms with Crippen molar-refractivity contribution in [3.63, 3.8) is 0 Å². The average molecular weight is 444 g/mol. The summed E-state index contributed by atoms with van der Waals surface area (Å²) in [5, 5.41) is 9.68. The van der Waals surface area contributed by atoms with Crippen molar-refractivity contribution in [3.8, 4) is 6.07 Å². The lowest BCUT2D eigenvalue weighted by Crippen LogP contribution is -2.34. The Morgan fingerprint density at radius 1 is 0.844 bits per heavy atom. The van der Waals surface area contributed by atoms with Gasteiger partial charge in [-0.05, 0) is 88.4 Å². The third-order valence-electron chi connectivity index (χ3n) is 9.30. The maximum absolute atomic E-state index is 12.8. The molecule has 0 bridgehead atoms. The number of rotatable bonds is 10. The fourth-order valence-electron chi connectivity index (χ4n) is 6.91. The first kappa shape index (κ1) is 25.6. The second-order valence-corrected chi connectivity index (χ2v) is 11.5. The predicted molar refractivity (Wildman–Crippen MR) is 131 cm³/mol. The number of hydrogen-bond acceptors (Lipinski definition) is 3. The zero-order valence-electron chi connectivity index (χ0n) is 21.1. The molecule has 3 aliphatic rings. The van der Waals surface area contributed by atoms with Crippen LogP contribution in [0.4, 0.5) is 0 Å². The Kier molecular flexibility index (Phi) is 10.4. The molecule has 0 saturated heterocycles. The molecule has 182 valence electrons. The van der Waals surface area contributed by atoms with Crippen LogP contribution >= 0.6 is 0 Å². The van der Waals surface area contributed by atoms with Crippen LogP contribution in [0.2, 0.25) is 0 Å². The van der Waals surface area contributed by atoms with Crippen LogP contribution in [0.25, 0.3) is 0 Å². The number of ether oxygens (including phenoxy) is 1. The summed E-state index contributed by atoms with van der Waals surface area (Å²) in [5.41, 5.74) is -0.161. The van der Waals surface area contributed by atoms with E-state index in [2.05, 4.69) is 19.9 Å². The molecule has 0 amide bonds. The molecule has 3 aliphatic carbocycles. The van der Waals surface area contributed by atoms with Gasteiger partial charge >= 0.3 is 5.97 Å². The van der Waals surface area contributed by atoms with Crippen molar-refractivity contribution in [1.29, 1.82) is 5.26 Å². The first-order chi connectivity index (χ1) is 15.6. The standard InChI is InChI=1S/C29H49NO2/c1-3-5-7-8-23-9-11-24(12-10-23)25-13-15-26(16-14-25)28(31)32-27-17-20-29(22-30,21-18-27)19-6-4-2/h23-27H,3-21H2,1-2H3. The highest BCUT2D eigenvalue weighted by molar-refractivity contribution is 5.72. The third-order valence-corrected chi connectivity index (χ3v) is 9.30. The summed E-state index contributed by atoms with van der Waals surface area (Å²) < 4.78 is 5.97. The molecule has 0 aliphatic heterocycles. The van der Waals surface area contributed by atoms with Crippen molar-refractivity contribution in [1.82, 2.24) is 0 Å². The highest BCUT2D eigenvalue weighted by Gasteiger charge is 2.38. The summed E-state index contributed by atoms with van der Waals surface area (Å²) >= 11 is 0. The van der Waals surface area contributed by atoms with E-state index in [1.165, 1.54) is 64.2 Å². The van der Waals surface area contributed by atoms with Gasteiger partial charge in [0, 0.05) is 0 Å². The topological polar surface area (TPSA) is 50.1 Å². The summed E-state index contributed by atoms with van der Waals surface area (Å²) in [5.74, 6) is 2.93. The summed E-state index contributed by atoms with van der Waals surface area (Å²) in [7, 11) is 0. The second-order valence-electron chi connectivity index (χ2n) is 11.5. The smallest absolute Gasteiger partial charge is 0.309 e. The fourth-order valence-corrected chi connectivity index (χ4v) is 6.91. The number of nitrogens with zero attached hydrogens (tertiary/aromatic N) is 1. The molecule has 3 rings (SSSR count). The van der Waals surface area contributed by atoms with Gasteiger partial charge in [0.15, 0.2) is 0 Å². The summed E-state index contributed by atoms with van der Waals surface area (Å²) in [6.45, 7) is 4.48. The normalized spacial score (nSPS) is 35.7. The van der Waals surface area contributed by atoms with Gasteiger partial charge in [0.05, 0.1) is 17.4 Å². The number of esters is 1. The van der Waals surface area contributed by atoms with Gasteiger partial charge in [-0.2, -0.15) is 5.26 Å². The van der Waals surface area contributed by atoms with Crippen LogP contribution in [0.15, 0.2) is 0 Å². The van der Waals surface area contributed by atoms with E-state index in [0.29, 0.717) is 0 Å². The van der Waals surface area contributed by atoms with Crippen molar-refractivity contribution in [2.24, 2.45) is 29.1 Å². The Labute approximate surface area is 198 Å². The van der Waals surface area contributed by atoms with Crippen LogP contribution in [0.3, 0.4) is 0 Å². The maximum Gasteiger partial charge on any atom is 0.309 e. The molecule has 0 unspecified atom stereocenters. The maximum atomic E-state index is 12.8. The largest absolute Gasteiger partial charge is 0.462 e. The highest BCUT2D eigenvalue weighted by atomic mass is 16.5. The number of carbonyl (C=O) groups excluding carboxylic acids is 1. The van der Waals surface area contributed by atoms with Crippen molar-refractivity contribution >= 4 is 5.97 Å². The van der Waals surface area contributed by atoms with E-state index in [-0.39, 0.29) is 23.4 Å². The third kappa shape index (κ3) is 7.23. The summed E-state index contributed by atoms with van der Waals surface area (Å²) in [6.07, 6.45) is 22.7. The Bertz CT molecular complexity index is 585. The minimum atomic E-state index is -0.161. The zero-order chi connectivity index (χ0) is 22.8. The van der Waals surface area contributed by atoms with E-state index in [1.807, 2.05) is 0 Å². The lowest BCUT2D eigenvalue weighted by atomic mass is 9.68. The van der Waals surface area contributed by atoms with Crippen LogP contribution in [0, 0.1) is 40.4 Å². The molecular formula is C29H49NO2. The van der Waals surface area contributed by atoms with E-state index in [4.69, 9.17) is 4.74 Å². The van der Waals surface area contributed by atoms with Gasteiger partial charge in [-0.3, -0.25) is 4.79 Å². The molecule has 32 heavy (non-hydrogen) atoms. The minimum absolute atomic E-state index is 0.0475. The molecule has 0 heterocycles. The van der Waals surface area contributed by atoms with E-state index >= 15 is 0 Å². The van der Waals surface area contributed by atoms with Crippen LogP contribution < -0.4 is 0 Å². The summed E-state index contributed by atoms with van der Waals surface area (Å²) in [6, 6.07) is 2.60. The van der Waals surface area contributed by atoms with Gasteiger partial charge in [-0.1, -0.05) is 65.2 Å². The average Bonchev–Trinajstić information content (AvgIpc) is 2.84. The predicted octanol–water partition coefficient (Wildman–Crippen LogP) is 8.37. The highest BCUT2D eigenvalue weighted by Crippen LogP contribution is 2.44. The van der Waals surface area contributed by atoms with E-state index < -0.39 is 0 Å². The zero-order valence-corrected chi connectivity index (χ0v) is 21.1. The molecule has 3 nitrogen and oxygen atoms in total. The van der Waals surface area contributed by atoms with Gasteiger partial charge in [-0.25, -0.2) is 0 Å². The molecule has 0 aromatic heterocycles. The van der Waals surface area contributed by atoms with Gasteiger partial charge < -0.3 is 4.74 Å². The molecule has 0 aromatic rings. The molecule has 3 saturated carbocycles. The molecule has 0 spiro atoms. The number of unbranched alkanes of at least 4 members (excludes halogenated alkanes) is 3. The Hall–Kier alpha value is -1.04. The fraction of sp³-hybridized carbons (Fsp3) is 0.931. The van der Waals surface area contributed by atoms with Gasteiger partial charge in [0.2, 0.25) is 0 Å². The van der Waals surface area contributed by atoms with Crippen molar-refractivity contribution in [2.45, 2.75) is 142 Å². The summed E-state index contributed by atoms with van der Waals surface area (Å²) in [4.78, 5) is 12.8. The molecule has 3 heteroatoms. The minimum Gasteiger partial charge on any atom is -0.462 e. The van der Waals surface area contributed by atoms with Gasteiger partial charge in [-0.15, -0.1) is 0 Å². The van der Waals surface area contributed by atoms with Crippen LogP contribution in [-0.2, 0) is 9.53 Å². The Morgan fingerprint density at radius 2 is 1.44 bits per heavy atom. The van der Waals surface area contributed by atoms with Crippen LogP contribution in [0.5, 0.6) is 0 Å². The molecule has 0 atom stereocenters. The second kappa shape index (κ2) is 13.0. The van der Waals surface area contributed by atoms with Crippen LogP contribution in [0.1, 0.15) is 136 Å². The van der Waals surface area contributed by atoms with Crippen LogP contribution in [-0.4, -0.2) is 12.1 Å². The van der Waals surface area contributed by atoms with E-state index in [1.54, 1.807) is 0 Å². The monoisotopic (exact) mass is 443 g/mol. The quantitative estimate of drug-likeness (QED) is 0.252. The lowest BCUT2D eigenvalue weighted by molar-refractivity contribution is -0.158. The molecular weight excluding hydrogens is 394 g/mol. The molecule has 0 radical (unpaired) electrons. The van der Waals surface area contributed by atoms with Crippen molar-refractivity contribution < 1.29 is 9.53 Å². The number of carbonyl (C=O) groups is 1. The number of nitriles is 1. The van der Waals surface area contributed by atoms with Crippen molar-refractivity contribution in [2.75, 3.05) is 0 Å². The van der Waals surface area contributed by atoms with Gasteiger partial charge in [0.25, 0.3) is 0 Å². The van der Waals surface area contributed by atoms with Crippen molar-refractivity contribution in [3.05, 3.63) is 0 Å². The number of hydrogen-bond donors (Lipinski definition) is 0. The van der Waals surface area contributed by atoms with Gasteiger partial charge in [0.1, 0.15) is 6.10 Å². The molecule has 0 N–H and O–H groups in total. The van der Waals surface area contributed by atoms with E-state index in [9.17, 15) is 10.1 Å². The first-order valence-electron chi connectivity index (χ1n) is 14.2. The molecule has 0 aromatic carbocycles. The first-order valence-corrected chi connectivity index (χ1v) is 14.2. The Balaban J connectivity index is 1.33. The lowest BCUT2D eigenvalue weighted by Gasteiger charge is -2.38. The molecule has 3 fully saturated rings. The Morgan fingerprint density at radius 3 is 2.00 bits per heavy atom. The van der Waals surface area contributed by atoms with E-state index in [0.717, 1.165) is 75.5 Å². The SMILES string of the molecule is CCCCCC1CCC(C2CCC(C(=O)OC3CCC(C#N)(CCCC)CC3)CC2)CC1.